The van der Waals surface area contributed by atoms with Crippen LogP contribution in [0.4, 0.5) is 4.39 Å². The molecule has 0 radical (unpaired) electrons. The number of alkyl halides is 1. The Bertz CT molecular complexity index is 281. The quantitative estimate of drug-likeness (QED) is 0.781. The number of aromatic nitrogens is 2. The molecule has 80 valence electrons. The van der Waals surface area contributed by atoms with E-state index in [1.54, 1.807) is 6.20 Å². The second-order valence-electron chi connectivity index (χ2n) is 3.83. The van der Waals surface area contributed by atoms with Crippen LogP contribution in [-0.4, -0.2) is 21.8 Å². The summed E-state index contributed by atoms with van der Waals surface area (Å²) in [6.07, 6.45) is 4.90. The van der Waals surface area contributed by atoms with Gasteiger partial charge in [-0.25, -0.2) is 9.37 Å². The molecule has 14 heavy (non-hydrogen) atoms. The van der Waals surface area contributed by atoms with Crippen LogP contribution in [0.1, 0.15) is 26.1 Å². The molecule has 0 aromatic carbocycles. The fraction of sp³-hybridized carbons (Fsp3) is 0.700. The highest BCUT2D eigenvalue weighted by atomic mass is 19.1. The molecule has 0 spiro atoms. The molecule has 0 saturated carbocycles. The first kappa shape index (κ1) is 11.2. The number of hydrogen-bond donors (Lipinski definition) is 1. The number of hydrogen-bond acceptors (Lipinski definition) is 2. The third-order valence-electron chi connectivity index (χ3n) is 2.22. The normalized spacial score (nSPS) is 15.4. The number of nitrogens with two attached hydrogens (primary N) is 1. The minimum atomic E-state index is -1.35. The van der Waals surface area contributed by atoms with Gasteiger partial charge < -0.3 is 10.3 Å². The summed E-state index contributed by atoms with van der Waals surface area (Å²) in [4.78, 5) is 4.14. The van der Waals surface area contributed by atoms with Crippen molar-refractivity contribution in [2.45, 2.75) is 38.9 Å². The second-order valence-corrected chi connectivity index (χ2v) is 3.83. The van der Waals surface area contributed by atoms with Crippen molar-refractivity contribution in [1.29, 1.82) is 0 Å². The molecule has 0 fully saturated rings. The van der Waals surface area contributed by atoms with Crippen LogP contribution in [0.25, 0.3) is 0 Å². The minimum Gasteiger partial charge on any atom is -0.335 e. The van der Waals surface area contributed by atoms with Crippen molar-refractivity contribution in [2.75, 3.05) is 6.54 Å². The molecular formula is C10H18FN3. The van der Waals surface area contributed by atoms with E-state index in [1.165, 1.54) is 6.92 Å². The van der Waals surface area contributed by atoms with E-state index in [1.807, 2.05) is 10.8 Å². The maximum atomic E-state index is 13.6. The smallest absolute Gasteiger partial charge is 0.127 e. The summed E-state index contributed by atoms with van der Waals surface area (Å²) in [6.45, 7) is 4.52. The van der Waals surface area contributed by atoms with Gasteiger partial charge in [0.1, 0.15) is 11.5 Å². The summed E-state index contributed by atoms with van der Waals surface area (Å²) < 4.78 is 15.6. The van der Waals surface area contributed by atoms with Crippen LogP contribution in [0.2, 0.25) is 0 Å². The summed E-state index contributed by atoms with van der Waals surface area (Å²) in [5, 5.41) is 0. The van der Waals surface area contributed by atoms with Crippen LogP contribution in [0.5, 0.6) is 0 Å². The fourth-order valence-corrected chi connectivity index (χ4v) is 1.35. The van der Waals surface area contributed by atoms with Crippen LogP contribution in [-0.2, 0) is 13.0 Å². The van der Waals surface area contributed by atoms with E-state index in [-0.39, 0.29) is 13.0 Å². The molecule has 1 aromatic rings. The van der Waals surface area contributed by atoms with E-state index < -0.39 is 5.67 Å². The van der Waals surface area contributed by atoms with Crippen molar-refractivity contribution in [1.82, 2.24) is 9.55 Å². The van der Waals surface area contributed by atoms with Gasteiger partial charge >= 0.3 is 0 Å². The predicted octanol–water partition coefficient (Wildman–Crippen LogP) is 1.52. The molecule has 1 aromatic heterocycles. The number of rotatable bonds is 5. The highest BCUT2D eigenvalue weighted by molar-refractivity contribution is 4.98. The van der Waals surface area contributed by atoms with Crippen molar-refractivity contribution in [3.63, 3.8) is 0 Å². The lowest BCUT2D eigenvalue weighted by Crippen LogP contribution is -2.32. The van der Waals surface area contributed by atoms with Gasteiger partial charge in [-0.3, -0.25) is 0 Å². The molecule has 0 amide bonds. The zero-order chi connectivity index (χ0) is 10.6. The minimum absolute atomic E-state index is 0.0337. The Kier molecular flexibility index (Phi) is 3.63. The first-order chi connectivity index (χ1) is 6.59. The van der Waals surface area contributed by atoms with Gasteiger partial charge in [-0.1, -0.05) is 6.92 Å². The zero-order valence-electron chi connectivity index (χ0n) is 8.83. The van der Waals surface area contributed by atoms with Gasteiger partial charge in [0, 0.05) is 31.9 Å². The molecule has 1 rings (SSSR count). The Morgan fingerprint density at radius 1 is 1.64 bits per heavy atom. The molecule has 0 saturated heterocycles. The van der Waals surface area contributed by atoms with Crippen molar-refractivity contribution in [3.05, 3.63) is 18.2 Å². The van der Waals surface area contributed by atoms with Gasteiger partial charge in [0.05, 0.1) is 0 Å². The lowest BCUT2D eigenvalue weighted by molar-refractivity contribution is 0.194. The van der Waals surface area contributed by atoms with Crippen molar-refractivity contribution >= 4 is 0 Å². The Balaban J connectivity index is 2.70. The maximum absolute atomic E-state index is 13.6. The lowest BCUT2D eigenvalue weighted by Gasteiger charge is -2.18. The summed E-state index contributed by atoms with van der Waals surface area (Å²) in [6, 6.07) is 0. The molecule has 1 atom stereocenters. The first-order valence-corrected chi connectivity index (χ1v) is 4.98. The van der Waals surface area contributed by atoms with Gasteiger partial charge in [-0.05, 0) is 13.3 Å². The Morgan fingerprint density at radius 3 is 2.93 bits per heavy atom. The second kappa shape index (κ2) is 4.55. The lowest BCUT2D eigenvalue weighted by atomic mass is 10.0. The molecule has 0 bridgehead atoms. The standard InChI is InChI=1S/C10H18FN3/c1-3-5-14-6-4-13-9(14)7-10(2,11)8-12/h4,6H,3,5,7-8,12H2,1-2H3. The predicted molar refractivity (Wildman–Crippen MR) is 54.8 cm³/mol. The summed E-state index contributed by atoms with van der Waals surface area (Å²) in [5.74, 6) is 0.780. The highest BCUT2D eigenvalue weighted by Crippen LogP contribution is 2.15. The largest absolute Gasteiger partial charge is 0.335 e. The average molecular weight is 199 g/mol. The van der Waals surface area contributed by atoms with E-state index >= 15 is 0 Å². The molecule has 0 aliphatic heterocycles. The molecular weight excluding hydrogens is 181 g/mol. The zero-order valence-corrected chi connectivity index (χ0v) is 8.83. The summed E-state index contributed by atoms with van der Waals surface area (Å²) >= 11 is 0. The van der Waals surface area contributed by atoms with E-state index in [2.05, 4.69) is 11.9 Å². The number of nitrogens with zero attached hydrogens (tertiary/aromatic N) is 2. The van der Waals surface area contributed by atoms with Gasteiger partial charge in [-0.15, -0.1) is 0 Å². The molecule has 4 heteroatoms. The van der Waals surface area contributed by atoms with Crippen LogP contribution in [0, 0.1) is 0 Å². The third kappa shape index (κ3) is 2.80. The molecule has 2 N–H and O–H groups in total. The van der Waals surface area contributed by atoms with E-state index in [9.17, 15) is 4.39 Å². The van der Waals surface area contributed by atoms with E-state index in [0.29, 0.717) is 0 Å². The third-order valence-corrected chi connectivity index (χ3v) is 2.22. The maximum Gasteiger partial charge on any atom is 0.127 e. The van der Waals surface area contributed by atoms with Crippen LogP contribution >= 0.6 is 0 Å². The number of aryl methyl sites for hydroxylation is 1. The Hall–Kier alpha value is -0.900. The van der Waals surface area contributed by atoms with Crippen LogP contribution in [0.3, 0.4) is 0 Å². The van der Waals surface area contributed by atoms with Crippen LogP contribution in [0.15, 0.2) is 12.4 Å². The number of halogens is 1. The first-order valence-electron chi connectivity index (χ1n) is 4.98. The van der Waals surface area contributed by atoms with E-state index in [4.69, 9.17) is 5.73 Å². The van der Waals surface area contributed by atoms with Crippen molar-refractivity contribution < 1.29 is 4.39 Å². The van der Waals surface area contributed by atoms with Gasteiger partial charge in [0.15, 0.2) is 0 Å². The molecule has 1 heterocycles. The topological polar surface area (TPSA) is 43.8 Å². The molecule has 0 aliphatic rings. The van der Waals surface area contributed by atoms with Crippen molar-refractivity contribution in [3.8, 4) is 0 Å². The SMILES string of the molecule is CCCn1ccnc1CC(C)(F)CN. The van der Waals surface area contributed by atoms with Crippen LogP contribution < -0.4 is 5.73 Å². The Labute approximate surface area is 84.1 Å². The number of imidazole rings is 1. The molecule has 1 unspecified atom stereocenters. The monoisotopic (exact) mass is 199 g/mol. The van der Waals surface area contributed by atoms with Gasteiger partial charge in [0.2, 0.25) is 0 Å². The molecule has 0 aliphatic carbocycles. The van der Waals surface area contributed by atoms with Crippen molar-refractivity contribution in [2.24, 2.45) is 5.73 Å². The fourth-order valence-electron chi connectivity index (χ4n) is 1.35. The van der Waals surface area contributed by atoms with Gasteiger partial charge in [-0.2, -0.15) is 0 Å². The Morgan fingerprint density at radius 2 is 2.36 bits per heavy atom. The summed E-state index contributed by atoms with van der Waals surface area (Å²) in [7, 11) is 0. The van der Waals surface area contributed by atoms with E-state index in [0.717, 1.165) is 18.8 Å². The van der Waals surface area contributed by atoms with Gasteiger partial charge in [0.25, 0.3) is 0 Å². The molecule has 3 nitrogen and oxygen atoms in total. The summed E-state index contributed by atoms with van der Waals surface area (Å²) in [5.41, 5.74) is 3.98. The highest BCUT2D eigenvalue weighted by Gasteiger charge is 2.23. The average Bonchev–Trinajstić information content (AvgIpc) is 2.53.